The zero-order valence-corrected chi connectivity index (χ0v) is 17.9. The average Bonchev–Trinajstić information content (AvgIpc) is 3.12. The molecule has 1 N–H and O–H groups in total. The van der Waals surface area contributed by atoms with Crippen molar-refractivity contribution in [1.82, 2.24) is 4.90 Å². The molecule has 2 aromatic rings. The number of hydrogen-bond acceptors (Lipinski definition) is 3. The molecule has 0 heterocycles. The molecule has 0 radical (unpaired) electrons. The van der Waals surface area contributed by atoms with Gasteiger partial charge in [0.25, 0.3) is 0 Å². The van der Waals surface area contributed by atoms with Crippen molar-refractivity contribution in [3.63, 3.8) is 0 Å². The van der Waals surface area contributed by atoms with Crippen LogP contribution in [0, 0.1) is 5.92 Å². The van der Waals surface area contributed by atoms with E-state index in [-0.39, 0.29) is 24.7 Å². The Morgan fingerprint density at radius 3 is 2.20 bits per heavy atom. The summed E-state index contributed by atoms with van der Waals surface area (Å²) < 4.78 is 5.92. The van der Waals surface area contributed by atoms with E-state index < -0.39 is 0 Å². The van der Waals surface area contributed by atoms with E-state index in [9.17, 15) is 9.90 Å². The van der Waals surface area contributed by atoms with Gasteiger partial charge in [0.15, 0.2) is 0 Å². The molecule has 4 heteroatoms. The van der Waals surface area contributed by atoms with Gasteiger partial charge in [-0.05, 0) is 54.4 Å². The average molecular weight is 408 g/mol. The first-order valence-electron chi connectivity index (χ1n) is 11.5. The largest absolute Gasteiger partial charge is 0.448 e. The number of hydrogen-bond donors (Lipinski definition) is 1. The van der Waals surface area contributed by atoms with Gasteiger partial charge < -0.3 is 14.7 Å². The van der Waals surface area contributed by atoms with Crippen LogP contribution in [0.15, 0.2) is 48.5 Å². The van der Waals surface area contributed by atoms with E-state index in [0.29, 0.717) is 25.5 Å². The van der Waals surface area contributed by atoms with Crippen LogP contribution < -0.4 is 0 Å². The summed E-state index contributed by atoms with van der Waals surface area (Å²) in [6.45, 7) is 3.07. The Morgan fingerprint density at radius 2 is 1.63 bits per heavy atom. The Kier molecular flexibility index (Phi) is 6.73. The van der Waals surface area contributed by atoms with Crippen LogP contribution >= 0.6 is 0 Å². The predicted octanol–water partition coefficient (Wildman–Crippen LogP) is 5.59. The molecule has 1 amide bonds. The van der Waals surface area contributed by atoms with E-state index in [4.69, 9.17) is 4.74 Å². The molecule has 2 aromatic carbocycles. The van der Waals surface area contributed by atoms with Crippen molar-refractivity contribution in [3.05, 3.63) is 59.7 Å². The quantitative estimate of drug-likeness (QED) is 0.651. The highest BCUT2D eigenvalue weighted by Gasteiger charge is 2.33. The number of rotatable bonds is 7. The number of fused-ring (bicyclic) bond motifs is 3. The van der Waals surface area contributed by atoms with Crippen molar-refractivity contribution in [2.75, 3.05) is 19.8 Å². The first-order chi connectivity index (χ1) is 14.7. The fourth-order valence-electron chi connectivity index (χ4n) is 5.47. The van der Waals surface area contributed by atoms with Crippen LogP contribution in [0.4, 0.5) is 4.79 Å². The van der Waals surface area contributed by atoms with E-state index >= 15 is 0 Å². The molecule has 0 spiro atoms. The van der Waals surface area contributed by atoms with E-state index in [1.165, 1.54) is 41.5 Å². The minimum Gasteiger partial charge on any atom is -0.448 e. The zero-order valence-electron chi connectivity index (χ0n) is 17.9. The molecule has 1 atom stereocenters. The Labute approximate surface area is 179 Å². The van der Waals surface area contributed by atoms with E-state index in [2.05, 4.69) is 48.5 Å². The van der Waals surface area contributed by atoms with Gasteiger partial charge in [0.1, 0.15) is 6.61 Å². The number of carbonyl (C=O) groups excluding carboxylic acids is 1. The third-order valence-corrected chi connectivity index (χ3v) is 6.93. The molecule has 0 aromatic heterocycles. The second-order valence-electron chi connectivity index (χ2n) is 8.57. The van der Waals surface area contributed by atoms with Crippen molar-refractivity contribution >= 4 is 6.09 Å². The van der Waals surface area contributed by atoms with Gasteiger partial charge in [-0.2, -0.15) is 0 Å². The van der Waals surface area contributed by atoms with Gasteiger partial charge >= 0.3 is 6.09 Å². The lowest BCUT2D eigenvalue weighted by atomic mass is 9.82. The fraction of sp³-hybridized carbons (Fsp3) is 0.500. The van der Waals surface area contributed by atoms with E-state index in [0.717, 1.165) is 12.8 Å². The SMILES string of the molecule is CCN(C(=O)OCC1c2ccccc2-c2ccccc21)[C@H](CCO)C1CCCCC1. The Balaban J connectivity index is 1.49. The van der Waals surface area contributed by atoms with Gasteiger partial charge in [-0.1, -0.05) is 67.8 Å². The Morgan fingerprint density at radius 1 is 1.03 bits per heavy atom. The first-order valence-corrected chi connectivity index (χ1v) is 11.5. The molecule has 2 aliphatic carbocycles. The Bertz CT molecular complexity index is 813. The maximum Gasteiger partial charge on any atom is 0.410 e. The van der Waals surface area contributed by atoms with Crippen LogP contribution in [-0.2, 0) is 4.74 Å². The highest BCUT2D eigenvalue weighted by atomic mass is 16.6. The molecule has 30 heavy (non-hydrogen) atoms. The highest BCUT2D eigenvalue weighted by Crippen LogP contribution is 2.44. The zero-order chi connectivity index (χ0) is 20.9. The molecular weight excluding hydrogens is 374 g/mol. The summed E-state index contributed by atoms with van der Waals surface area (Å²) in [4.78, 5) is 15.0. The topological polar surface area (TPSA) is 49.8 Å². The first kappa shape index (κ1) is 20.9. The smallest absolute Gasteiger partial charge is 0.410 e. The minimum atomic E-state index is -0.247. The Hall–Kier alpha value is -2.33. The summed E-state index contributed by atoms with van der Waals surface area (Å²) in [7, 11) is 0. The summed E-state index contributed by atoms with van der Waals surface area (Å²) in [6, 6.07) is 16.9. The number of nitrogens with zero attached hydrogens (tertiary/aromatic N) is 1. The van der Waals surface area contributed by atoms with Crippen LogP contribution in [0.5, 0.6) is 0 Å². The van der Waals surface area contributed by atoms with Gasteiger partial charge in [-0.3, -0.25) is 0 Å². The molecule has 0 saturated heterocycles. The summed E-state index contributed by atoms with van der Waals surface area (Å²) >= 11 is 0. The van der Waals surface area contributed by atoms with Crippen molar-refractivity contribution in [3.8, 4) is 11.1 Å². The van der Waals surface area contributed by atoms with Crippen LogP contribution in [0.1, 0.15) is 62.5 Å². The van der Waals surface area contributed by atoms with Crippen molar-refractivity contribution in [2.45, 2.75) is 57.4 Å². The van der Waals surface area contributed by atoms with E-state index in [1.807, 2.05) is 11.8 Å². The minimum absolute atomic E-state index is 0.0657. The van der Waals surface area contributed by atoms with E-state index in [1.54, 1.807) is 0 Å². The summed E-state index contributed by atoms with van der Waals surface area (Å²) in [5.74, 6) is 0.539. The van der Waals surface area contributed by atoms with Crippen molar-refractivity contribution in [2.24, 2.45) is 5.92 Å². The van der Waals surface area contributed by atoms with Crippen LogP contribution in [0.25, 0.3) is 11.1 Å². The van der Waals surface area contributed by atoms with Gasteiger partial charge in [0, 0.05) is 25.1 Å². The summed E-state index contributed by atoms with van der Waals surface area (Å²) in [6.07, 6.45) is 6.37. The second-order valence-corrected chi connectivity index (χ2v) is 8.57. The number of aliphatic hydroxyl groups excluding tert-OH is 1. The second kappa shape index (κ2) is 9.65. The lowest BCUT2D eigenvalue weighted by molar-refractivity contribution is 0.0566. The molecule has 0 bridgehead atoms. The van der Waals surface area contributed by atoms with Crippen LogP contribution in [-0.4, -0.2) is 41.9 Å². The van der Waals surface area contributed by atoms with Gasteiger partial charge in [0.05, 0.1) is 0 Å². The standard InChI is InChI=1S/C26H33NO3/c1-2-27(25(16-17-28)19-10-4-3-5-11-19)26(29)30-18-24-22-14-8-6-12-20(22)21-13-7-9-15-23(21)24/h6-9,12-15,19,24-25,28H,2-5,10-11,16-18H2,1H3/t25-/m1/s1. The molecular formula is C26H33NO3. The number of amides is 1. The van der Waals surface area contributed by atoms with Crippen molar-refractivity contribution in [1.29, 1.82) is 0 Å². The molecule has 4 rings (SSSR count). The van der Waals surface area contributed by atoms with Crippen LogP contribution in [0.2, 0.25) is 0 Å². The number of aliphatic hydroxyl groups is 1. The normalized spacial score (nSPS) is 17.3. The van der Waals surface area contributed by atoms with Gasteiger partial charge in [-0.15, -0.1) is 0 Å². The van der Waals surface area contributed by atoms with Crippen LogP contribution in [0.3, 0.4) is 0 Å². The lowest BCUT2D eigenvalue weighted by Gasteiger charge is -2.37. The summed E-state index contributed by atoms with van der Waals surface area (Å²) in [5.41, 5.74) is 4.94. The molecule has 160 valence electrons. The predicted molar refractivity (Wildman–Crippen MR) is 120 cm³/mol. The monoisotopic (exact) mass is 407 g/mol. The molecule has 0 aliphatic heterocycles. The third kappa shape index (κ3) is 4.11. The number of benzene rings is 2. The van der Waals surface area contributed by atoms with Gasteiger partial charge in [-0.25, -0.2) is 4.79 Å². The number of ether oxygens (including phenoxy) is 1. The van der Waals surface area contributed by atoms with Gasteiger partial charge in [0.2, 0.25) is 0 Å². The lowest BCUT2D eigenvalue weighted by Crippen LogP contribution is -2.46. The molecule has 2 aliphatic rings. The van der Waals surface area contributed by atoms with Crippen molar-refractivity contribution < 1.29 is 14.6 Å². The fourth-order valence-corrected chi connectivity index (χ4v) is 5.47. The molecule has 4 nitrogen and oxygen atoms in total. The maximum absolute atomic E-state index is 13.1. The highest BCUT2D eigenvalue weighted by molar-refractivity contribution is 5.79. The molecule has 1 fully saturated rings. The summed E-state index contributed by atoms with van der Waals surface area (Å²) in [5, 5.41) is 9.64. The maximum atomic E-state index is 13.1. The molecule has 1 saturated carbocycles. The number of carbonyl (C=O) groups is 1. The molecule has 0 unspecified atom stereocenters. The third-order valence-electron chi connectivity index (χ3n) is 6.93.